The number of carboxylic acid groups (broad SMARTS) is 1. The van der Waals surface area contributed by atoms with Gasteiger partial charge in [-0.2, -0.15) is 0 Å². The fraction of sp³-hybridized carbons (Fsp3) is 0.391. The molecule has 1 amide bonds. The van der Waals surface area contributed by atoms with Crippen LogP contribution in [0.2, 0.25) is 0 Å². The zero-order valence-corrected chi connectivity index (χ0v) is 16.2. The number of carboxylic acids is 1. The van der Waals surface area contributed by atoms with Crippen LogP contribution in [0, 0.1) is 5.92 Å². The summed E-state index contributed by atoms with van der Waals surface area (Å²) in [6.07, 6.45) is 3.35. The van der Waals surface area contributed by atoms with E-state index in [-0.39, 0.29) is 17.9 Å². The highest BCUT2D eigenvalue weighted by Crippen LogP contribution is 2.38. The first kappa shape index (κ1) is 19.9. The van der Waals surface area contributed by atoms with E-state index in [0.29, 0.717) is 18.8 Å². The predicted molar refractivity (Wildman–Crippen MR) is 107 cm³/mol. The van der Waals surface area contributed by atoms with Crippen molar-refractivity contribution in [3.05, 3.63) is 65.7 Å². The van der Waals surface area contributed by atoms with Gasteiger partial charge in [-0.15, -0.1) is 0 Å². The molecule has 0 aromatic heterocycles. The van der Waals surface area contributed by atoms with Gasteiger partial charge in [-0.1, -0.05) is 55.3 Å². The number of para-hydroxylation sites is 1. The molecule has 0 bridgehead atoms. The number of carbonyl (C=O) groups is 2. The van der Waals surface area contributed by atoms with Gasteiger partial charge in [-0.25, -0.2) is 4.79 Å². The summed E-state index contributed by atoms with van der Waals surface area (Å²) < 4.78 is 5.42. The number of carbonyl (C=O) groups excluding carboxylic acids is 1. The lowest BCUT2D eigenvalue weighted by molar-refractivity contribution is -0.143. The molecule has 0 aliphatic heterocycles. The number of amides is 1. The third-order valence-corrected chi connectivity index (χ3v) is 5.45. The molecule has 1 unspecified atom stereocenters. The predicted octanol–water partition coefficient (Wildman–Crippen LogP) is 5.07. The van der Waals surface area contributed by atoms with Crippen molar-refractivity contribution in [3.8, 4) is 5.75 Å². The first-order chi connectivity index (χ1) is 13.6. The third kappa shape index (κ3) is 4.91. The Bertz CT molecular complexity index is 788. The van der Waals surface area contributed by atoms with Crippen LogP contribution in [0.4, 0.5) is 4.79 Å². The fourth-order valence-corrected chi connectivity index (χ4v) is 3.88. The van der Waals surface area contributed by atoms with Crippen LogP contribution < -0.4 is 4.74 Å². The van der Waals surface area contributed by atoms with Crippen molar-refractivity contribution in [2.24, 2.45) is 5.92 Å². The van der Waals surface area contributed by atoms with E-state index in [2.05, 4.69) is 0 Å². The first-order valence-corrected chi connectivity index (χ1v) is 9.92. The van der Waals surface area contributed by atoms with Gasteiger partial charge >= 0.3 is 12.1 Å². The molecule has 1 aliphatic carbocycles. The number of hydrogen-bond acceptors (Lipinski definition) is 3. The summed E-state index contributed by atoms with van der Waals surface area (Å²) in [6, 6.07) is 17.0. The minimum absolute atomic E-state index is 0.0747. The van der Waals surface area contributed by atoms with Gasteiger partial charge in [-0.3, -0.25) is 4.79 Å². The molecule has 2 aromatic rings. The van der Waals surface area contributed by atoms with Crippen LogP contribution in [-0.4, -0.2) is 28.6 Å². The standard InChI is InChI=1S/C23H27NO4/c1-2-24(23(27)28-19-8-4-3-5-9-19)16-17-12-14-18(15-13-17)20-10-6-7-11-21(20)22(25)26/h3-5,8-9,12-15,20-21H,2,6-7,10-11,16H2,1H3,(H,25,26)/t20?,21-/m0/s1. The zero-order valence-electron chi connectivity index (χ0n) is 16.2. The van der Waals surface area contributed by atoms with Gasteiger partial charge in [0.05, 0.1) is 5.92 Å². The summed E-state index contributed by atoms with van der Waals surface area (Å²) in [5.74, 6) is -0.397. The highest BCUT2D eigenvalue weighted by atomic mass is 16.6. The van der Waals surface area contributed by atoms with E-state index in [0.717, 1.165) is 36.8 Å². The Kier molecular flexibility index (Phi) is 6.69. The fourth-order valence-electron chi connectivity index (χ4n) is 3.88. The lowest BCUT2D eigenvalue weighted by atomic mass is 9.75. The molecule has 0 heterocycles. The normalized spacial score (nSPS) is 19.0. The highest BCUT2D eigenvalue weighted by Gasteiger charge is 2.31. The lowest BCUT2D eigenvalue weighted by Crippen LogP contribution is -2.32. The largest absolute Gasteiger partial charge is 0.481 e. The molecule has 28 heavy (non-hydrogen) atoms. The second-order valence-corrected chi connectivity index (χ2v) is 7.27. The van der Waals surface area contributed by atoms with Crippen molar-refractivity contribution in [3.63, 3.8) is 0 Å². The van der Waals surface area contributed by atoms with Crippen LogP contribution in [0.1, 0.15) is 49.7 Å². The maximum atomic E-state index is 12.4. The van der Waals surface area contributed by atoms with Crippen LogP contribution in [0.15, 0.2) is 54.6 Å². The van der Waals surface area contributed by atoms with Crippen molar-refractivity contribution in [2.45, 2.75) is 45.1 Å². The van der Waals surface area contributed by atoms with E-state index in [1.54, 1.807) is 17.0 Å². The lowest BCUT2D eigenvalue weighted by Gasteiger charge is -2.29. The van der Waals surface area contributed by atoms with E-state index in [9.17, 15) is 14.7 Å². The summed E-state index contributed by atoms with van der Waals surface area (Å²) in [4.78, 5) is 25.6. The molecule has 1 N–H and O–H groups in total. The van der Waals surface area contributed by atoms with Crippen molar-refractivity contribution in [1.29, 1.82) is 0 Å². The minimum Gasteiger partial charge on any atom is -0.481 e. The summed E-state index contributed by atoms with van der Waals surface area (Å²) in [6.45, 7) is 2.91. The average Bonchev–Trinajstić information content (AvgIpc) is 2.73. The monoisotopic (exact) mass is 381 g/mol. The molecule has 2 aromatic carbocycles. The number of nitrogens with zero attached hydrogens (tertiary/aromatic N) is 1. The van der Waals surface area contributed by atoms with Gasteiger partial charge < -0.3 is 14.7 Å². The van der Waals surface area contributed by atoms with Gasteiger partial charge in [0, 0.05) is 13.1 Å². The van der Waals surface area contributed by atoms with E-state index in [1.807, 2.05) is 49.4 Å². The molecule has 0 spiro atoms. The van der Waals surface area contributed by atoms with Crippen molar-refractivity contribution in [1.82, 2.24) is 4.90 Å². The van der Waals surface area contributed by atoms with Crippen LogP contribution in [-0.2, 0) is 11.3 Å². The topological polar surface area (TPSA) is 66.8 Å². The Morgan fingerprint density at radius 2 is 1.71 bits per heavy atom. The van der Waals surface area contributed by atoms with E-state index < -0.39 is 5.97 Å². The van der Waals surface area contributed by atoms with E-state index in [4.69, 9.17) is 4.74 Å². The number of aliphatic carboxylic acids is 1. The summed E-state index contributed by atoms with van der Waals surface area (Å²) >= 11 is 0. The van der Waals surface area contributed by atoms with E-state index >= 15 is 0 Å². The summed E-state index contributed by atoms with van der Waals surface area (Å²) in [7, 11) is 0. The smallest absolute Gasteiger partial charge is 0.415 e. The summed E-state index contributed by atoms with van der Waals surface area (Å²) in [5.41, 5.74) is 2.07. The molecular weight excluding hydrogens is 354 g/mol. The first-order valence-electron chi connectivity index (χ1n) is 9.92. The van der Waals surface area contributed by atoms with Crippen molar-refractivity contribution >= 4 is 12.1 Å². The Hall–Kier alpha value is -2.82. The maximum Gasteiger partial charge on any atom is 0.415 e. The Labute approximate surface area is 165 Å². The molecule has 3 rings (SSSR count). The van der Waals surface area contributed by atoms with E-state index in [1.165, 1.54) is 0 Å². The van der Waals surface area contributed by atoms with Gasteiger partial charge in [0.25, 0.3) is 0 Å². The van der Waals surface area contributed by atoms with Crippen LogP contribution in [0.5, 0.6) is 5.75 Å². The Balaban J connectivity index is 1.65. The molecule has 2 atom stereocenters. The number of benzene rings is 2. The van der Waals surface area contributed by atoms with Gasteiger partial charge in [0.1, 0.15) is 5.75 Å². The average molecular weight is 381 g/mol. The maximum absolute atomic E-state index is 12.4. The molecule has 5 heteroatoms. The summed E-state index contributed by atoms with van der Waals surface area (Å²) in [5, 5.41) is 9.50. The molecule has 1 saturated carbocycles. The second-order valence-electron chi connectivity index (χ2n) is 7.27. The molecule has 0 radical (unpaired) electrons. The van der Waals surface area contributed by atoms with Crippen molar-refractivity contribution in [2.75, 3.05) is 6.54 Å². The zero-order chi connectivity index (χ0) is 19.9. The van der Waals surface area contributed by atoms with Gasteiger partial charge in [-0.05, 0) is 48.9 Å². The molecule has 1 aliphatic rings. The number of hydrogen-bond donors (Lipinski definition) is 1. The highest BCUT2D eigenvalue weighted by molar-refractivity contribution is 5.72. The minimum atomic E-state index is -0.699. The molecule has 5 nitrogen and oxygen atoms in total. The molecular formula is C23H27NO4. The quantitative estimate of drug-likeness (QED) is 0.759. The molecule has 148 valence electrons. The Morgan fingerprint density at radius 3 is 2.36 bits per heavy atom. The van der Waals surface area contributed by atoms with Crippen molar-refractivity contribution < 1.29 is 19.4 Å². The second kappa shape index (κ2) is 9.40. The molecule has 0 saturated heterocycles. The van der Waals surface area contributed by atoms with Crippen LogP contribution in [0.3, 0.4) is 0 Å². The van der Waals surface area contributed by atoms with Gasteiger partial charge in [0.15, 0.2) is 0 Å². The third-order valence-electron chi connectivity index (χ3n) is 5.45. The number of ether oxygens (including phenoxy) is 1. The Morgan fingerprint density at radius 1 is 1.04 bits per heavy atom. The van der Waals surface area contributed by atoms with Crippen LogP contribution >= 0.6 is 0 Å². The SMILES string of the molecule is CCN(Cc1ccc(C2CCCC[C@@H]2C(=O)O)cc1)C(=O)Oc1ccccc1. The molecule has 1 fully saturated rings. The number of rotatable bonds is 6. The van der Waals surface area contributed by atoms with Gasteiger partial charge in [0.2, 0.25) is 0 Å². The van der Waals surface area contributed by atoms with Crippen LogP contribution in [0.25, 0.3) is 0 Å².